The van der Waals surface area contributed by atoms with E-state index in [0.717, 1.165) is 11.3 Å². The Morgan fingerprint density at radius 3 is 2.63 bits per heavy atom. The molecule has 1 atom stereocenters. The molecule has 0 aliphatic rings. The molecule has 1 rings (SSSR count). The van der Waals surface area contributed by atoms with E-state index in [0.29, 0.717) is 12.3 Å². The minimum absolute atomic E-state index is 0.179. The molecule has 1 aromatic rings. The van der Waals surface area contributed by atoms with Gasteiger partial charge in [0.25, 0.3) is 0 Å². The number of aryl methyl sites for hydroxylation is 1. The first kappa shape index (κ1) is 15.0. The molecule has 104 valence electrons. The van der Waals surface area contributed by atoms with Gasteiger partial charge in [-0.05, 0) is 37.6 Å². The summed E-state index contributed by atoms with van der Waals surface area (Å²) >= 11 is 0. The van der Waals surface area contributed by atoms with Crippen LogP contribution in [0.25, 0.3) is 0 Å². The highest BCUT2D eigenvalue weighted by Crippen LogP contribution is 2.21. The normalized spacial score (nSPS) is 11.7. The predicted molar refractivity (Wildman–Crippen MR) is 72.8 cm³/mol. The second-order valence-electron chi connectivity index (χ2n) is 4.18. The van der Waals surface area contributed by atoms with E-state index in [1.165, 1.54) is 0 Å². The van der Waals surface area contributed by atoms with Crippen LogP contribution < -0.4 is 21.5 Å². The van der Waals surface area contributed by atoms with Crippen molar-refractivity contribution in [3.05, 3.63) is 23.8 Å². The van der Waals surface area contributed by atoms with Gasteiger partial charge in [0.15, 0.2) is 0 Å². The number of carbonyl (C=O) groups excluding carboxylic acids is 2. The molecule has 6 nitrogen and oxygen atoms in total. The van der Waals surface area contributed by atoms with Gasteiger partial charge in [-0.15, -0.1) is 0 Å². The topological polar surface area (TPSA) is 107 Å². The molecule has 0 spiro atoms. The first-order valence-electron chi connectivity index (χ1n) is 6.02. The number of hydrogen-bond acceptors (Lipinski definition) is 4. The summed E-state index contributed by atoms with van der Waals surface area (Å²) in [6.07, 6.45) is -0.179. The summed E-state index contributed by atoms with van der Waals surface area (Å²) in [6, 6.07) is 4.36. The van der Waals surface area contributed by atoms with E-state index in [2.05, 4.69) is 5.32 Å². The van der Waals surface area contributed by atoms with Crippen LogP contribution in [0.3, 0.4) is 0 Å². The summed E-state index contributed by atoms with van der Waals surface area (Å²) in [6.45, 7) is 4.32. The largest absolute Gasteiger partial charge is 0.494 e. The third kappa shape index (κ3) is 4.59. The van der Waals surface area contributed by atoms with E-state index in [9.17, 15) is 9.59 Å². The number of rotatable bonds is 6. The Morgan fingerprint density at radius 1 is 1.42 bits per heavy atom. The molecular weight excluding hydrogens is 246 g/mol. The Kier molecular flexibility index (Phi) is 5.32. The van der Waals surface area contributed by atoms with Crippen LogP contribution in [0.2, 0.25) is 0 Å². The Morgan fingerprint density at radius 2 is 2.11 bits per heavy atom. The number of ether oxygens (including phenoxy) is 1. The molecule has 0 aromatic heterocycles. The fourth-order valence-corrected chi connectivity index (χ4v) is 1.57. The molecule has 0 radical (unpaired) electrons. The number of benzene rings is 1. The van der Waals surface area contributed by atoms with Crippen LogP contribution >= 0.6 is 0 Å². The molecule has 0 heterocycles. The summed E-state index contributed by atoms with van der Waals surface area (Å²) in [4.78, 5) is 22.4. The van der Waals surface area contributed by atoms with E-state index < -0.39 is 17.9 Å². The predicted octanol–water partition coefficient (Wildman–Crippen LogP) is 0.535. The van der Waals surface area contributed by atoms with E-state index in [-0.39, 0.29) is 6.42 Å². The zero-order valence-electron chi connectivity index (χ0n) is 11.1. The van der Waals surface area contributed by atoms with E-state index in [4.69, 9.17) is 16.2 Å². The third-order valence-electron chi connectivity index (χ3n) is 2.52. The third-order valence-corrected chi connectivity index (χ3v) is 2.52. The smallest absolute Gasteiger partial charge is 0.241 e. The van der Waals surface area contributed by atoms with Gasteiger partial charge in [-0.1, -0.05) is 0 Å². The van der Waals surface area contributed by atoms with Gasteiger partial charge in [-0.3, -0.25) is 9.59 Å². The minimum Gasteiger partial charge on any atom is -0.494 e. The number of primary amides is 1. The quantitative estimate of drug-likeness (QED) is 0.697. The Bertz CT molecular complexity index is 474. The summed E-state index contributed by atoms with van der Waals surface area (Å²) in [5.74, 6) is -0.309. The second-order valence-corrected chi connectivity index (χ2v) is 4.18. The maximum atomic E-state index is 11.7. The van der Waals surface area contributed by atoms with Crippen molar-refractivity contribution < 1.29 is 14.3 Å². The van der Waals surface area contributed by atoms with Crippen LogP contribution in [0.5, 0.6) is 5.75 Å². The van der Waals surface area contributed by atoms with Gasteiger partial charge in [0.1, 0.15) is 5.75 Å². The number of carbonyl (C=O) groups is 2. The van der Waals surface area contributed by atoms with Crippen LogP contribution in [0, 0.1) is 6.92 Å². The first-order valence-corrected chi connectivity index (χ1v) is 6.02. The Hall–Kier alpha value is -2.08. The highest BCUT2D eigenvalue weighted by Gasteiger charge is 2.16. The summed E-state index contributed by atoms with van der Waals surface area (Å²) in [7, 11) is 0. The standard InChI is InChI=1S/C13H19N3O3/c1-3-19-9-4-5-11(8(2)6-9)16-13(18)10(14)7-12(15)17/h4-6,10H,3,7,14H2,1-2H3,(H2,15,17)(H,16,18). The average Bonchev–Trinajstić information content (AvgIpc) is 2.32. The van der Waals surface area contributed by atoms with Crippen molar-refractivity contribution in [1.29, 1.82) is 0 Å². The van der Waals surface area contributed by atoms with E-state index in [1.807, 2.05) is 19.9 Å². The van der Waals surface area contributed by atoms with Crippen molar-refractivity contribution in [3.8, 4) is 5.75 Å². The number of anilines is 1. The van der Waals surface area contributed by atoms with Gasteiger partial charge in [0.2, 0.25) is 11.8 Å². The lowest BCUT2D eigenvalue weighted by Gasteiger charge is -2.13. The molecule has 1 unspecified atom stereocenters. The number of nitrogens with one attached hydrogen (secondary N) is 1. The average molecular weight is 265 g/mol. The molecule has 19 heavy (non-hydrogen) atoms. The fraction of sp³-hybridized carbons (Fsp3) is 0.385. The van der Waals surface area contributed by atoms with Crippen molar-refractivity contribution in [2.45, 2.75) is 26.3 Å². The van der Waals surface area contributed by atoms with Gasteiger partial charge < -0.3 is 21.5 Å². The van der Waals surface area contributed by atoms with Crippen molar-refractivity contribution >= 4 is 17.5 Å². The van der Waals surface area contributed by atoms with Crippen molar-refractivity contribution in [1.82, 2.24) is 0 Å². The number of amides is 2. The summed E-state index contributed by atoms with van der Waals surface area (Å²) in [5.41, 5.74) is 12.0. The summed E-state index contributed by atoms with van der Waals surface area (Å²) < 4.78 is 5.35. The Labute approximate surface area is 112 Å². The van der Waals surface area contributed by atoms with Crippen LogP contribution in [0.1, 0.15) is 18.9 Å². The molecule has 0 bridgehead atoms. The molecule has 0 saturated carbocycles. The molecule has 0 aliphatic heterocycles. The zero-order valence-corrected chi connectivity index (χ0v) is 11.1. The van der Waals surface area contributed by atoms with Crippen LogP contribution in [-0.2, 0) is 9.59 Å². The molecule has 5 N–H and O–H groups in total. The maximum absolute atomic E-state index is 11.7. The van der Waals surface area contributed by atoms with Gasteiger partial charge >= 0.3 is 0 Å². The van der Waals surface area contributed by atoms with Gasteiger partial charge in [-0.2, -0.15) is 0 Å². The highest BCUT2D eigenvalue weighted by molar-refractivity contribution is 5.97. The minimum atomic E-state index is -0.941. The fourth-order valence-electron chi connectivity index (χ4n) is 1.57. The highest BCUT2D eigenvalue weighted by atomic mass is 16.5. The van der Waals surface area contributed by atoms with Crippen LogP contribution in [0.15, 0.2) is 18.2 Å². The maximum Gasteiger partial charge on any atom is 0.241 e. The lowest BCUT2D eigenvalue weighted by atomic mass is 10.1. The SMILES string of the molecule is CCOc1ccc(NC(=O)C(N)CC(N)=O)c(C)c1. The van der Waals surface area contributed by atoms with E-state index in [1.54, 1.807) is 12.1 Å². The Balaban J connectivity index is 2.71. The van der Waals surface area contributed by atoms with Crippen LogP contribution in [-0.4, -0.2) is 24.5 Å². The molecule has 0 fully saturated rings. The van der Waals surface area contributed by atoms with Crippen LogP contribution in [0.4, 0.5) is 5.69 Å². The molecule has 0 saturated heterocycles. The molecule has 1 aromatic carbocycles. The molecule has 2 amide bonds. The zero-order chi connectivity index (χ0) is 14.4. The number of nitrogens with two attached hydrogens (primary N) is 2. The first-order chi connectivity index (χ1) is 8.93. The van der Waals surface area contributed by atoms with Gasteiger partial charge in [0.05, 0.1) is 19.1 Å². The lowest BCUT2D eigenvalue weighted by Crippen LogP contribution is -2.39. The molecule has 6 heteroatoms. The van der Waals surface area contributed by atoms with Crippen molar-refractivity contribution in [3.63, 3.8) is 0 Å². The van der Waals surface area contributed by atoms with E-state index >= 15 is 0 Å². The monoisotopic (exact) mass is 265 g/mol. The molecular formula is C13H19N3O3. The van der Waals surface area contributed by atoms with Gasteiger partial charge in [0, 0.05) is 5.69 Å². The summed E-state index contributed by atoms with van der Waals surface area (Å²) in [5, 5.41) is 2.66. The molecule has 0 aliphatic carbocycles. The van der Waals surface area contributed by atoms with Crippen molar-refractivity contribution in [2.75, 3.05) is 11.9 Å². The number of hydrogen-bond donors (Lipinski definition) is 3. The lowest BCUT2D eigenvalue weighted by molar-refractivity contribution is -0.123. The second kappa shape index (κ2) is 6.75. The van der Waals surface area contributed by atoms with Gasteiger partial charge in [-0.25, -0.2) is 0 Å². The van der Waals surface area contributed by atoms with Crippen molar-refractivity contribution in [2.24, 2.45) is 11.5 Å².